The lowest BCUT2D eigenvalue weighted by molar-refractivity contribution is 0.613. The standard InChI is InChI=1S/C19H17FN6/c1-13-22-18(21-11-15-9-5-6-10-16(15)20)17-19(23-13)26(25-24-17)12-14-7-3-2-4-8-14/h2-10H,11-12H2,1H3,(H,21,22,23). The lowest BCUT2D eigenvalue weighted by atomic mass is 10.2. The maximum Gasteiger partial charge on any atom is 0.184 e. The minimum absolute atomic E-state index is 0.255. The number of halogens is 1. The second-order valence-electron chi connectivity index (χ2n) is 5.97. The van der Waals surface area contributed by atoms with Gasteiger partial charge in [-0.15, -0.1) is 5.10 Å². The van der Waals surface area contributed by atoms with E-state index in [1.165, 1.54) is 6.07 Å². The van der Waals surface area contributed by atoms with Crippen LogP contribution in [0.3, 0.4) is 0 Å². The van der Waals surface area contributed by atoms with Crippen molar-refractivity contribution in [2.75, 3.05) is 5.32 Å². The van der Waals surface area contributed by atoms with Crippen molar-refractivity contribution in [1.82, 2.24) is 25.0 Å². The first kappa shape index (κ1) is 16.1. The van der Waals surface area contributed by atoms with Crippen molar-refractivity contribution >= 4 is 17.0 Å². The van der Waals surface area contributed by atoms with E-state index in [2.05, 4.69) is 25.6 Å². The van der Waals surface area contributed by atoms with Gasteiger partial charge in [0.05, 0.1) is 6.54 Å². The average molecular weight is 348 g/mol. The maximum atomic E-state index is 13.8. The first-order valence-electron chi connectivity index (χ1n) is 8.30. The van der Waals surface area contributed by atoms with Gasteiger partial charge >= 0.3 is 0 Å². The van der Waals surface area contributed by atoms with E-state index in [0.29, 0.717) is 41.5 Å². The summed E-state index contributed by atoms with van der Waals surface area (Å²) in [6, 6.07) is 16.6. The monoisotopic (exact) mass is 348 g/mol. The highest BCUT2D eigenvalue weighted by atomic mass is 19.1. The van der Waals surface area contributed by atoms with Gasteiger partial charge in [-0.2, -0.15) is 0 Å². The molecule has 0 fully saturated rings. The third kappa shape index (κ3) is 3.23. The molecular weight excluding hydrogens is 331 g/mol. The predicted octanol–water partition coefficient (Wildman–Crippen LogP) is 3.33. The van der Waals surface area contributed by atoms with Crippen LogP contribution in [0.1, 0.15) is 17.0 Å². The SMILES string of the molecule is Cc1nc(NCc2ccccc2F)c2nnn(Cc3ccccc3)c2n1. The molecule has 0 atom stereocenters. The molecule has 0 bridgehead atoms. The Morgan fingerprint density at radius 2 is 1.77 bits per heavy atom. The number of nitrogens with one attached hydrogen (secondary N) is 1. The molecular formula is C19H17FN6. The van der Waals surface area contributed by atoms with Crippen molar-refractivity contribution in [1.29, 1.82) is 0 Å². The first-order chi connectivity index (χ1) is 12.7. The second-order valence-corrected chi connectivity index (χ2v) is 5.97. The first-order valence-corrected chi connectivity index (χ1v) is 8.30. The number of benzene rings is 2. The third-order valence-corrected chi connectivity index (χ3v) is 4.05. The van der Waals surface area contributed by atoms with Crippen LogP contribution in [0, 0.1) is 12.7 Å². The number of hydrogen-bond acceptors (Lipinski definition) is 5. The summed E-state index contributed by atoms with van der Waals surface area (Å²) in [4.78, 5) is 8.88. The Morgan fingerprint density at radius 1 is 1.00 bits per heavy atom. The molecule has 0 unspecified atom stereocenters. The summed E-state index contributed by atoms with van der Waals surface area (Å²) < 4.78 is 15.6. The highest BCUT2D eigenvalue weighted by molar-refractivity contribution is 5.82. The van der Waals surface area contributed by atoms with Gasteiger partial charge < -0.3 is 5.32 Å². The number of aromatic nitrogens is 5. The van der Waals surface area contributed by atoms with Gasteiger partial charge in [0.25, 0.3) is 0 Å². The molecule has 0 aliphatic carbocycles. The van der Waals surface area contributed by atoms with Gasteiger partial charge in [0.1, 0.15) is 11.6 Å². The fraction of sp³-hybridized carbons (Fsp3) is 0.158. The molecule has 130 valence electrons. The minimum atomic E-state index is -0.255. The summed E-state index contributed by atoms with van der Waals surface area (Å²) in [5, 5.41) is 11.6. The molecule has 7 heteroatoms. The van der Waals surface area contributed by atoms with Crippen LogP contribution in [-0.2, 0) is 13.1 Å². The number of hydrogen-bond donors (Lipinski definition) is 1. The maximum absolute atomic E-state index is 13.8. The van der Waals surface area contributed by atoms with Crippen LogP contribution in [0.4, 0.5) is 10.2 Å². The number of rotatable bonds is 5. The summed E-state index contributed by atoms with van der Waals surface area (Å²) >= 11 is 0. The fourth-order valence-corrected chi connectivity index (χ4v) is 2.77. The Kier molecular flexibility index (Phi) is 4.27. The van der Waals surface area contributed by atoms with Crippen molar-refractivity contribution in [3.8, 4) is 0 Å². The van der Waals surface area contributed by atoms with Gasteiger partial charge in [-0.3, -0.25) is 0 Å². The highest BCUT2D eigenvalue weighted by Gasteiger charge is 2.14. The van der Waals surface area contributed by atoms with E-state index in [4.69, 9.17) is 0 Å². The Morgan fingerprint density at radius 3 is 2.58 bits per heavy atom. The average Bonchev–Trinajstić information content (AvgIpc) is 3.04. The Balaban J connectivity index is 1.64. The van der Waals surface area contributed by atoms with Crippen molar-refractivity contribution in [2.24, 2.45) is 0 Å². The Hall–Kier alpha value is -3.35. The number of nitrogens with zero attached hydrogens (tertiary/aromatic N) is 5. The van der Waals surface area contributed by atoms with Gasteiger partial charge in [-0.1, -0.05) is 53.7 Å². The highest BCUT2D eigenvalue weighted by Crippen LogP contribution is 2.19. The van der Waals surface area contributed by atoms with Crippen LogP contribution in [0.25, 0.3) is 11.2 Å². The van der Waals surface area contributed by atoms with E-state index in [9.17, 15) is 4.39 Å². The van der Waals surface area contributed by atoms with Crippen LogP contribution in [0.15, 0.2) is 54.6 Å². The Bertz CT molecular complexity index is 1040. The number of fused-ring (bicyclic) bond motifs is 1. The fourth-order valence-electron chi connectivity index (χ4n) is 2.77. The van der Waals surface area contributed by atoms with Gasteiger partial charge in [0.15, 0.2) is 17.0 Å². The normalized spacial score (nSPS) is 11.0. The van der Waals surface area contributed by atoms with Crippen LogP contribution in [0.2, 0.25) is 0 Å². The minimum Gasteiger partial charge on any atom is -0.364 e. The topological polar surface area (TPSA) is 68.5 Å². The van der Waals surface area contributed by atoms with Crippen molar-refractivity contribution < 1.29 is 4.39 Å². The van der Waals surface area contributed by atoms with E-state index in [0.717, 1.165) is 5.56 Å². The van der Waals surface area contributed by atoms with Crippen molar-refractivity contribution in [3.05, 3.63) is 77.4 Å². The van der Waals surface area contributed by atoms with E-state index in [-0.39, 0.29) is 5.82 Å². The van der Waals surface area contributed by atoms with Crippen LogP contribution in [0.5, 0.6) is 0 Å². The summed E-state index contributed by atoms with van der Waals surface area (Å²) in [7, 11) is 0. The summed E-state index contributed by atoms with van der Waals surface area (Å²) in [6.07, 6.45) is 0. The van der Waals surface area contributed by atoms with E-state index in [1.54, 1.807) is 22.9 Å². The van der Waals surface area contributed by atoms with Crippen LogP contribution < -0.4 is 5.32 Å². The van der Waals surface area contributed by atoms with Crippen LogP contribution >= 0.6 is 0 Å². The quantitative estimate of drug-likeness (QED) is 0.599. The van der Waals surface area contributed by atoms with Crippen molar-refractivity contribution in [3.63, 3.8) is 0 Å². The molecule has 4 rings (SSSR count). The van der Waals surface area contributed by atoms with E-state index >= 15 is 0 Å². The van der Waals surface area contributed by atoms with Gasteiger partial charge in [-0.05, 0) is 18.6 Å². The zero-order valence-corrected chi connectivity index (χ0v) is 14.2. The zero-order valence-electron chi connectivity index (χ0n) is 14.2. The summed E-state index contributed by atoms with van der Waals surface area (Å²) in [5.41, 5.74) is 2.89. The van der Waals surface area contributed by atoms with Crippen LogP contribution in [-0.4, -0.2) is 25.0 Å². The molecule has 2 aromatic heterocycles. The lowest BCUT2D eigenvalue weighted by Crippen LogP contribution is -2.07. The van der Waals surface area contributed by atoms with Gasteiger partial charge in [0.2, 0.25) is 0 Å². The predicted molar refractivity (Wildman–Crippen MR) is 97.1 cm³/mol. The molecule has 1 N–H and O–H groups in total. The molecule has 4 aromatic rings. The third-order valence-electron chi connectivity index (χ3n) is 4.05. The molecule has 6 nitrogen and oxygen atoms in total. The molecule has 0 saturated heterocycles. The Labute approximate surface area is 149 Å². The number of aryl methyl sites for hydroxylation is 1. The smallest absolute Gasteiger partial charge is 0.184 e. The zero-order chi connectivity index (χ0) is 17.9. The number of anilines is 1. The second kappa shape index (κ2) is 6.87. The van der Waals surface area contributed by atoms with Gasteiger partial charge in [-0.25, -0.2) is 19.0 Å². The molecule has 0 spiro atoms. The molecule has 0 aliphatic rings. The van der Waals surface area contributed by atoms with Gasteiger partial charge in [0, 0.05) is 12.1 Å². The molecule has 2 aromatic carbocycles. The molecule has 0 aliphatic heterocycles. The lowest BCUT2D eigenvalue weighted by Gasteiger charge is -2.08. The molecule has 0 saturated carbocycles. The van der Waals surface area contributed by atoms with Crippen molar-refractivity contribution in [2.45, 2.75) is 20.0 Å². The summed E-state index contributed by atoms with van der Waals surface area (Å²) in [6.45, 7) is 2.69. The van der Waals surface area contributed by atoms with E-state index in [1.807, 2.05) is 37.3 Å². The molecule has 0 radical (unpaired) electrons. The summed E-state index contributed by atoms with van der Waals surface area (Å²) in [5.74, 6) is 0.898. The molecule has 26 heavy (non-hydrogen) atoms. The molecule has 0 amide bonds. The van der Waals surface area contributed by atoms with E-state index < -0.39 is 0 Å². The largest absolute Gasteiger partial charge is 0.364 e. The molecule has 2 heterocycles.